The summed E-state index contributed by atoms with van der Waals surface area (Å²) in [6, 6.07) is 0. The van der Waals surface area contributed by atoms with Gasteiger partial charge in [-0.25, -0.2) is 0 Å². The van der Waals surface area contributed by atoms with E-state index in [0.29, 0.717) is 19.3 Å². The second-order valence-corrected chi connectivity index (χ2v) is 22.7. The van der Waals surface area contributed by atoms with Crippen molar-refractivity contribution in [3.8, 4) is 0 Å². The van der Waals surface area contributed by atoms with Gasteiger partial charge in [0, 0.05) is 19.3 Å². The Labute approximate surface area is 507 Å². The average Bonchev–Trinajstić information content (AvgIpc) is 3.47. The van der Waals surface area contributed by atoms with Gasteiger partial charge >= 0.3 is 17.9 Å². The van der Waals surface area contributed by atoms with Crippen LogP contribution in [0.4, 0.5) is 0 Å². The first-order chi connectivity index (χ1) is 40.5. The van der Waals surface area contributed by atoms with Gasteiger partial charge in [-0.3, -0.25) is 14.4 Å². The van der Waals surface area contributed by atoms with Crippen LogP contribution in [0.5, 0.6) is 0 Å². The predicted molar refractivity (Wildman–Crippen MR) is 357 cm³/mol. The molecule has 6 nitrogen and oxygen atoms in total. The quantitative estimate of drug-likeness (QED) is 0.0261. The van der Waals surface area contributed by atoms with Gasteiger partial charge in [-0.15, -0.1) is 0 Å². The summed E-state index contributed by atoms with van der Waals surface area (Å²) in [5, 5.41) is 0. The van der Waals surface area contributed by atoms with Crippen LogP contribution in [0.25, 0.3) is 0 Å². The van der Waals surface area contributed by atoms with Gasteiger partial charge in [-0.1, -0.05) is 290 Å². The van der Waals surface area contributed by atoms with Gasteiger partial charge in [-0.2, -0.15) is 0 Å². The third-order valence-electron chi connectivity index (χ3n) is 14.7. The van der Waals surface area contributed by atoms with E-state index in [1.807, 2.05) is 0 Å². The Morgan fingerprint density at radius 1 is 0.256 bits per heavy atom. The Hall–Kier alpha value is -4.19. The van der Waals surface area contributed by atoms with E-state index < -0.39 is 6.10 Å². The van der Waals surface area contributed by atoms with Gasteiger partial charge < -0.3 is 14.2 Å². The molecular weight excluding hydrogens is 1010 g/mol. The number of allylic oxidation sites excluding steroid dienone is 20. The van der Waals surface area contributed by atoms with Crippen LogP contribution in [0.15, 0.2) is 122 Å². The van der Waals surface area contributed by atoms with Gasteiger partial charge in [0.15, 0.2) is 6.10 Å². The van der Waals surface area contributed by atoms with Gasteiger partial charge in [0.2, 0.25) is 0 Å². The normalized spacial score (nSPS) is 12.9. The fraction of sp³-hybridized carbons (Fsp3) is 0.697. The molecule has 0 rings (SSSR count). The lowest BCUT2D eigenvalue weighted by Crippen LogP contribution is -2.30. The molecule has 0 radical (unpaired) electrons. The molecule has 82 heavy (non-hydrogen) atoms. The first-order valence-corrected chi connectivity index (χ1v) is 34.5. The average molecular weight is 1140 g/mol. The summed E-state index contributed by atoms with van der Waals surface area (Å²) in [6.07, 6.45) is 96.3. The van der Waals surface area contributed by atoms with Crippen LogP contribution in [0.3, 0.4) is 0 Å². The van der Waals surface area contributed by atoms with Crippen LogP contribution < -0.4 is 0 Å². The fourth-order valence-corrected chi connectivity index (χ4v) is 9.51. The molecule has 0 spiro atoms. The highest BCUT2D eigenvalue weighted by atomic mass is 16.6. The molecule has 0 saturated heterocycles. The van der Waals surface area contributed by atoms with Crippen LogP contribution in [0, 0.1) is 0 Å². The summed E-state index contributed by atoms with van der Waals surface area (Å²) in [4.78, 5) is 38.4. The summed E-state index contributed by atoms with van der Waals surface area (Å²) in [5.41, 5.74) is 0. The maximum absolute atomic E-state index is 13.0. The van der Waals surface area contributed by atoms with Crippen LogP contribution in [-0.4, -0.2) is 37.2 Å². The van der Waals surface area contributed by atoms with E-state index in [-0.39, 0.29) is 31.1 Å². The van der Waals surface area contributed by atoms with Crippen molar-refractivity contribution < 1.29 is 28.6 Å². The number of ether oxygens (including phenoxy) is 3. The van der Waals surface area contributed by atoms with Crippen molar-refractivity contribution in [3.63, 3.8) is 0 Å². The topological polar surface area (TPSA) is 78.9 Å². The van der Waals surface area contributed by atoms with Crippen molar-refractivity contribution in [2.24, 2.45) is 0 Å². The second-order valence-electron chi connectivity index (χ2n) is 22.7. The van der Waals surface area contributed by atoms with Gasteiger partial charge in [0.25, 0.3) is 0 Å². The molecule has 0 saturated carbocycles. The minimum atomic E-state index is -0.797. The smallest absolute Gasteiger partial charge is 0.306 e. The zero-order chi connectivity index (χ0) is 59.2. The van der Waals surface area contributed by atoms with Crippen molar-refractivity contribution in [2.45, 2.75) is 329 Å². The Balaban J connectivity index is 4.39. The molecule has 1 atom stereocenters. The standard InChI is InChI=1S/C76H128O6/c1-4-7-10-13-16-19-22-25-28-31-33-35-36-37-38-39-40-42-43-45-48-51-54-57-60-63-66-69-75(78)81-72-73(71-80-74(77)68-65-62-59-56-53-50-47-30-27-24-21-18-15-12-9-6-3)82-76(79)70-67-64-61-58-55-52-49-46-44-41-34-32-29-26-23-20-17-14-11-8-5-2/h7,10,16,19,21,23-26,28,30,32-35,37-38,44,46-47,73H,4-6,8-9,11-15,17-18,20,22,27,29,31,36,39-43,45,48-72H2,1-3H3/b10-7-,19-16-,24-21-,26-23-,28-25-,34-32-,35-33-,38-37-,46-44-,47-30-. The van der Waals surface area contributed by atoms with Crippen LogP contribution >= 0.6 is 0 Å². The lowest BCUT2D eigenvalue weighted by Gasteiger charge is -2.18. The van der Waals surface area contributed by atoms with E-state index >= 15 is 0 Å². The molecule has 0 aromatic rings. The summed E-state index contributed by atoms with van der Waals surface area (Å²) in [5.74, 6) is -0.911. The highest BCUT2D eigenvalue weighted by molar-refractivity contribution is 5.71. The Morgan fingerprint density at radius 3 is 0.756 bits per heavy atom. The molecule has 6 heteroatoms. The van der Waals surface area contributed by atoms with E-state index in [4.69, 9.17) is 14.2 Å². The molecule has 1 unspecified atom stereocenters. The minimum absolute atomic E-state index is 0.0909. The largest absolute Gasteiger partial charge is 0.462 e. The monoisotopic (exact) mass is 1140 g/mol. The SMILES string of the molecule is CC/C=C\C/C=C\C/C=C\C/C=C\C/C=C\CCCCCCCCCCCCCC(=O)OCC(COC(=O)CCCCCCC/C=C\C/C=C\CCCCCC)OC(=O)CCCCCCCC/C=C\C/C=C\C/C=C\CCCCCCC. The van der Waals surface area contributed by atoms with Crippen molar-refractivity contribution in [1.82, 2.24) is 0 Å². The zero-order valence-corrected chi connectivity index (χ0v) is 53.7. The second kappa shape index (κ2) is 69.3. The molecule has 0 aliphatic heterocycles. The zero-order valence-electron chi connectivity index (χ0n) is 53.7. The Bertz CT molecular complexity index is 1690. The first kappa shape index (κ1) is 77.8. The molecule has 0 aromatic heterocycles. The molecule has 0 bridgehead atoms. The number of rotatable bonds is 62. The molecular formula is C76H128O6. The lowest BCUT2D eigenvalue weighted by molar-refractivity contribution is -0.167. The van der Waals surface area contributed by atoms with E-state index in [1.54, 1.807) is 0 Å². The summed E-state index contributed by atoms with van der Waals surface area (Å²) < 4.78 is 17.0. The van der Waals surface area contributed by atoms with E-state index in [2.05, 4.69) is 142 Å². The molecule has 0 N–H and O–H groups in total. The van der Waals surface area contributed by atoms with Crippen molar-refractivity contribution in [2.75, 3.05) is 13.2 Å². The van der Waals surface area contributed by atoms with Gasteiger partial charge in [0.1, 0.15) is 13.2 Å². The molecule has 0 amide bonds. The van der Waals surface area contributed by atoms with E-state index in [0.717, 1.165) is 141 Å². The highest BCUT2D eigenvalue weighted by Gasteiger charge is 2.19. The number of hydrogen-bond acceptors (Lipinski definition) is 6. The molecule has 0 heterocycles. The molecule has 0 fully saturated rings. The number of hydrogen-bond donors (Lipinski definition) is 0. The maximum atomic E-state index is 13.0. The Kier molecular flexibility index (Phi) is 65.8. The van der Waals surface area contributed by atoms with Crippen LogP contribution in [0.2, 0.25) is 0 Å². The molecule has 0 aliphatic carbocycles. The minimum Gasteiger partial charge on any atom is -0.462 e. The van der Waals surface area contributed by atoms with Crippen LogP contribution in [0.1, 0.15) is 323 Å². The molecule has 468 valence electrons. The maximum Gasteiger partial charge on any atom is 0.306 e. The number of esters is 3. The summed E-state index contributed by atoms with van der Waals surface area (Å²) in [7, 11) is 0. The number of unbranched alkanes of at least 4 members (excludes halogenated alkanes) is 31. The van der Waals surface area contributed by atoms with E-state index in [9.17, 15) is 14.4 Å². The fourth-order valence-electron chi connectivity index (χ4n) is 9.51. The first-order valence-electron chi connectivity index (χ1n) is 34.5. The third-order valence-corrected chi connectivity index (χ3v) is 14.7. The third kappa shape index (κ3) is 66.6. The van der Waals surface area contributed by atoms with Crippen molar-refractivity contribution in [3.05, 3.63) is 122 Å². The number of carbonyl (C=O) groups is 3. The van der Waals surface area contributed by atoms with E-state index in [1.165, 1.54) is 141 Å². The Morgan fingerprint density at radius 2 is 0.476 bits per heavy atom. The summed E-state index contributed by atoms with van der Waals surface area (Å²) >= 11 is 0. The van der Waals surface area contributed by atoms with Gasteiger partial charge in [0.05, 0.1) is 0 Å². The summed E-state index contributed by atoms with van der Waals surface area (Å²) in [6.45, 7) is 6.50. The predicted octanol–water partition coefficient (Wildman–Crippen LogP) is 23.9. The lowest BCUT2D eigenvalue weighted by atomic mass is 10.0. The van der Waals surface area contributed by atoms with Crippen LogP contribution in [-0.2, 0) is 28.6 Å². The van der Waals surface area contributed by atoms with Gasteiger partial charge in [-0.05, 0) is 135 Å². The molecule has 0 aliphatic rings. The highest BCUT2D eigenvalue weighted by Crippen LogP contribution is 2.16. The van der Waals surface area contributed by atoms with Crippen molar-refractivity contribution >= 4 is 17.9 Å². The number of carbonyl (C=O) groups excluding carboxylic acids is 3. The molecule has 0 aromatic carbocycles. The van der Waals surface area contributed by atoms with Crippen molar-refractivity contribution in [1.29, 1.82) is 0 Å².